The van der Waals surface area contributed by atoms with Crippen LogP contribution in [-0.2, 0) is 14.3 Å². The van der Waals surface area contributed by atoms with Gasteiger partial charge >= 0.3 is 0 Å². The Hall–Kier alpha value is 0.0900. The quantitative estimate of drug-likeness (QED) is 0.329. The smallest absolute Gasteiger partial charge is 0.220 e. The Bertz CT molecular complexity index is 204. The highest BCUT2D eigenvalue weighted by atomic mass is 33.1. The van der Waals surface area contributed by atoms with E-state index >= 15 is 0 Å². The Labute approximate surface area is 119 Å². The molecule has 0 fully saturated rings. The predicted octanol–water partition coefficient (Wildman–Crippen LogP) is 2.15. The summed E-state index contributed by atoms with van der Waals surface area (Å²) in [6.45, 7) is 7.20. The first-order valence-corrected chi connectivity index (χ1v) is 8.39. The molecule has 1 amide bonds. The molecule has 0 aliphatic rings. The molecule has 108 valence electrons. The van der Waals surface area contributed by atoms with Crippen molar-refractivity contribution in [1.29, 1.82) is 0 Å². The summed E-state index contributed by atoms with van der Waals surface area (Å²) in [5, 5.41) is 2.83. The summed E-state index contributed by atoms with van der Waals surface area (Å²) >= 11 is 4.01. The van der Waals surface area contributed by atoms with Gasteiger partial charge < -0.3 is 14.8 Å². The molecular weight excluding hydrogens is 270 g/mol. The lowest BCUT2D eigenvalue weighted by molar-refractivity contribution is -0.121. The number of amides is 1. The van der Waals surface area contributed by atoms with E-state index in [1.54, 1.807) is 0 Å². The molecule has 0 unspecified atom stereocenters. The molecule has 0 aliphatic heterocycles. The van der Waals surface area contributed by atoms with Crippen LogP contribution in [0.5, 0.6) is 0 Å². The van der Waals surface area contributed by atoms with Gasteiger partial charge in [-0.1, -0.05) is 24.6 Å². The lowest BCUT2D eigenvalue weighted by Crippen LogP contribution is -2.27. The maximum atomic E-state index is 11.4. The number of nitrogens with one attached hydrogen (secondary N) is 1. The molecule has 0 aromatic carbocycles. The van der Waals surface area contributed by atoms with E-state index in [-0.39, 0.29) is 5.91 Å². The summed E-state index contributed by atoms with van der Waals surface area (Å²) in [6, 6.07) is 0. The number of ether oxygens (including phenoxy) is 2. The van der Waals surface area contributed by atoms with Crippen molar-refractivity contribution in [2.24, 2.45) is 5.92 Å². The second kappa shape index (κ2) is 13.5. The lowest BCUT2D eigenvalue weighted by Gasteiger charge is -2.08. The first-order valence-electron chi connectivity index (χ1n) is 6.35. The largest absolute Gasteiger partial charge is 0.378 e. The molecule has 0 heterocycles. The predicted molar refractivity (Wildman–Crippen MR) is 80.2 cm³/mol. The maximum Gasteiger partial charge on any atom is 0.220 e. The monoisotopic (exact) mass is 295 g/mol. The van der Waals surface area contributed by atoms with Crippen molar-refractivity contribution in [3.05, 3.63) is 0 Å². The van der Waals surface area contributed by atoms with Gasteiger partial charge in [0.2, 0.25) is 5.91 Å². The number of hydrogen-bond donors (Lipinski definition) is 2. The van der Waals surface area contributed by atoms with E-state index in [9.17, 15) is 4.79 Å². The highest BCUT2D eigenvalue weighted by molar-refractivity contribution is 8.68. The SMILES string of the molecule is CC(C)CCC(=O)NCCOCCOCCSS. The first-order chi connectivity index (χ1) is 8.66. The highest BCUT2D eigenvalue weighted by Gasteiger charge is 2.02. The summed E-state index contributed by atoms with van der Waals surface area (Å²) in [7, 11) is 1.46. The molecule has 6 heteroatoms. The topological polar surface area (TPSA) is 47.6 Å². The second-order valence-corrected chi connectivity index (χ2v) is 5.78. The second-order valence-electron chi connectivity index (χ2n) is 4.34. The third-order valence-electron chi connectivity index (χ3n) is 2.21. The van der Waals surface area contributed by atoms with Crippen LogP contribution in [0.15, 0.2) is 0 Å². The van der Waals surface area contributed by atoms with Crippen molar-refractivity contribution in [3.8, 4) is 0 Å². The molecule has 0 aromatic heterocycles. The zero-order valence-corrected chi connectivity index (χ0v) is 13.0. The van der Waals surface area contributed by atoms with Gasteiger partial charge in [-0.25, -0.2) is 0 Å². The molecule has 0 radical (unpaired) electrons. The summed E-state index contributed by atoms with van der Waals surface area (Å²) < 4.78 is 10.6. The van der Waals surface area contributed by atoms with Crippen molar-refractivity contribution in [3.63, 3.8) is 0 Å². The van der Waals surface area contributed by atoms with Gasteiger partial charge in [0.15, 0.2) is 0 Å². The zero-order chi connectivity index (χ0) is 13.6. The third kappa shape index (κ3) is 14.2. The Morgan fingerprint density at radius 2 is 1.89 bits per heavy atom. The average Bonchev–Trinajstić information content (AvgIpc) is 2.34. The molecule has 0 aromatic rings. The van der Waals surface area contributed by atoms with Gasteiger partial charge in [-0.2, -0.15) is 0 Å². The first kappa shape index (κ1) is 18.1. The normalized spacial score (nSPS) is 10.9. The van der Waals surface area contributed by atoms with Crippen LogP contribution >= 0.6 is 22.5 Å². The molecule has 0 saturated carbocycles. The van der Waals surface area contributed by atoms with E-state index in [1.807, 2.05) is 0 Å². The molecule has 4 nitrogen and oxygen atoms in total. The molecule has 0 bridgehead atoms. The van der Waals surface area contributed by atoms with Crippen LogP contribution in [0.2, 0.25) is 0 Å². The summed E-state index contributed by atoms with van der Waals surface area (Å²) in [6.07, 6.45) is 1.53. The molecule has 18 heavy (non-hydrogen) atoms. The standard InChI is InChI=1S/C12H25NO3S2/c1-11(2)3-4-12(14)13-5-6-15-7-8-16-9-10-18-17/h11,17H,3-10H2,1-2H3,(H,13,14). The van der Waals surface area contributed by atoms with Crippen molar-refractivity contribution in [2.45, 2.75) is 26.7 Å². The number of carbonyl (C=O) groups is 1. The maximum absolute atomic E-state index is 11.4. The average molecular weight is 295 g/mol. The number of rotatable bonds is 12. The highest BCUT2D eigenvalue weighted by Crippen LogP contribution is 2.03. The van der Waals surface area contributed by atoms with E-state index in [4.69, 9.17) is 9.47 Å². The minimum atomic E-state index is 0.106. The molecule has 0 aliphatic carbocycles. The van der Waals surface area contributed by atoms with Gasteiger partial charge in [-0.05, 0) is 12.3 Å². The summed E-state index contributed by atoms with van der Waals surface area (Å²) in [5.41, 5.74) is 0. The fraction of sp³-hybridized carbons (Fsp3) is 0.917. The molecule has 0 rings (SSSR count). The molecule has 0 atom stereocenters. The lowest BCUT2D eigenvalue weighted by atomic mass is 10.1. The molecular formula is C12H25NO3S2. The van der Waals surface area contributed by atoms with Crippen molar-refractivity contribution < 1.29 is 14.3 Å². The van der Waals surface area contributed by atoms with Gasteiger partial charge in [0.1, 0.15) is 0 Å². The van der Waals surface area contributed by atoms with Gasteiger partial charge in [0.25, 0.3) is 0 Å². The van der Waals surface area contributed by atoms with E-state index in [0.717, 1.165) is 12.2 Å². The van der Waals surface area contributed by atoms with Crippen molar-refractivity contribution >= 4 is 28.4 Å². The fourth-order valence-corrected chi connectivity index (χ4v) is 1.60. The van der Waals surface area contributed by atoms with Gasteiger partial charge in [-0.3, -0.25) is 4.79 Å². The minimum Gasteiger partial charge on any atom is -0.378 e. The number of thiol groups is 1. The fourth-order valence-electron chi connectivity index (χ4n) is 1.19. The van der Waals surface area contributed by atoms with Crippen LogP contribution in [0, 0.1) is 5.92 Å². The Balaban J connectivity index is 3.12. The van der Waals surface area contributed by atoms with Gasteiger partial charge in [-0.15, -0.1) is 11.7 Å². The van der Waals surface area contributed by atoms with Crippen LogP contribution in [0.1, 0.15) is 26.7 Å². The van der Waals surface area contributed by atoms with Crippen LogP contribution in [0.25, 0.3) is 0 Å². The third-order valence-corrected chi connectivity index (χ3v) is 3.11. The zero-order valence-electron chi connectivity index (χ0n) is 11.3. The molecule has 0 saturated heterocycles. The van der Waals surface area contributed by atoms with E-state index < -0.39 is 0 Å². The van der Waals surface area contributed by atoms with Crippen LogP contribution in [0.3, 0.4) is 0 Å². The van der Waals surface area contributed by atoms with Crippen LogP contribution in [-0.4, -0.2) is 44.6 Å². The van der Waals surface area contributed by atoms with E-state index in [0.29, 0.717) is 45.3 Å². The summed E-state index contributed by atoms with van der Waals surface area (Å²) in [5.74, 6) is 1.56. The molecule has 0 spiro atoms. The van der Waals surface area contributed by atoms with E-state index in [2.05, 4.69) is 30.8 Å². The molecule has 1 N–H and O–H groups in total. The Morgan fingerprint density at radius 1 is 1.22 bits per heavy atom. The summed E-state index contributed by atoms with van der Waals surface area (Å²) in [4.78, 5) is 11.4. The number of carbonyl (C=O) groups excluding carboxylic acids is 1. The Morgan fingerprint density at radius 3 is 2.50 bits per heavy atom. The van der Waals surface area contributed by atoms with E-state index in [1.165, 1.54) is 10.8 Å². The minimum absolute atomic E-state index is 0.106. The van der Waals surface area contributed by atoms with Crippen LogP contribution < -0.4 is 5.32 Å². The Kier molecular flexibility index (Phi) is 13.6. The number of hydrogen-bond acceptors (Lipinski definition) is 5. The van der Waals surface area contributed by atoms with Crippen LogP contribution in [0.4, 0.5) is 0 Å². The van der Waals surface area contributed by atoms with Crippen molar-refractivity contribution in [1.82, 2.24) is 5.32 Å². The van der Waals surface area contributed by atoms with Gasteiger partial charge in [0, 0.05) is 18.7 Å². The van der Waals surface area contributed by atoms with Gasteiger partial charge in [0.05, 0.1) is 26.4 Å². The van der Waals surface area contributed by atoms with Crippen molar-refractivity contribution in [2.75, 3.05) is 38.7 Å².